The average molecular weight is 302 g/mol. The number of aliphatic carboxylic acids is 1. The molecule has 19 heavy (non-hydrogen) atoms. The summed E-state index contributed by atoms with van der Waals surface area (Å²) in [5.74, 6) is -0.968. The van der Waals surface area contributed by atoms with Crippen LogP contribution in [0.2, 0.25) is 10.0 Å². The van der Waals surface area contributed by atoms with Gasteiger partial charge in [0.05, 0.1) is 16.0 Å². The molecule has 0 bridgehead atoms. The van der Waals surface area contributed by atoms with Crippen molar-refractivity contribution in [2.45, 2.75) is 25.8 Å². The minimum atomic E-state index is -0.703. The Balaban J connectivity index is 2.12. The second-order valence-corrected chi connectivity index (χ2v) is 5.84. The molecule has 0 radical (unpaired) electrons. The minimum absolute atomic E-state index is 0.150. The topological polar surface area (TPSA) is 40.5 Å². The standard InChI is InChI=1S/C14H17Cl2NO2/c1-9(10-4-5-12(15)13(16)7-10)17-6-2-3-11(8-17)14(18)19/h4-5,7,9,11H,2-3,6,8H2,1H3,(H,18,19). The first kappa shape index (κ1) is 14.6. The maximum absolute atomic E-state index is 11.1. The maximum atomic E-state index is 11.1. The summed E-state index contributed by atoms with van der Waals surface area (Å²) in [7, 11) is 0. The Bertz CT molecular complexity index is 479. The molecule has 2 unspecified atom stereocenters. The minimum Gasteiger partial charge on any atom is -0.481 e. The molecule has 5 heteroatoms. The second-order valence-electron chi connectivity index (χ2n) is 5.02. The molecule has 1 aromatic rings. The van der Waals surface area contributed by atoms with Crippen molar-refractivity contribution < 1.29 is 9.90 Å². The summed E-state index contributed by atoms with van der Waals surface area (Å²) in [4.78, 5) is 13.3. The highest BCUT2D eigenvalue weighted by atomic mass is 35.5. The van der Waals surface area contributed by atoms with Gasteiger partial charge in [-0.05, 0) is 44.0 Å². The summed E-state index contributed by atoms with van der Waals surface area (Å²) < 4.78 is 0. The van der Waals surface area contributed by atoms with E-state index in [1.165, 1.54) is 0 Å². The van der Waals surface area contributed by atoms with Crippen molar-refractivity contribution in [2.24, 2.45) is 5.92 Å². The Labute approximate surface area is 123 Å². The number of carbonyl (C=O) groups is 1. The molecule has 2 atom stereocenters. The first-order valence-electron chi connectivity index (χ1n) is 6.41. The molecule has 1 aliphatic heterocycles. The number of carboxylic acid groups (broad SMARTS) is 1. The first-order valence-corrected chi connectivity index (χ1v) is 7.16. The summed E-state index contributed by atoms with van der Waals surface area (Å²) >= 11 is 11.9. The van der Waals surface area contributed by atoms with Crippen molar-refractivity contribution in [2.75, 3.05) is 13.1 Å². The molecule has 1 heterocycles. The van der Waals surface area contributed by atoms with E-state index in [4.69, 9.17) is 28.3 Å². The fourth-order valence-corrected chi connectivity index (χ4v) is 2.85. The van der Waals surface area contributed by atoms with Crippen molar-refractivity contribution in [3.8, 4) is 0 Å². The van der Waals surface area contributed by atoms with Gasteiger partial charge >= 0.3 is 5.97 Å². The summed E-state index contributed by atoms with van der Waals surface area (Å²) in [6.45, 7) is 3.59. The lowest BCUT2D eigenvalue weighted by Gasteiger charge is -2.35. The number of hydrogen-bond acceptors (Lipinski definition) is 2. The van der Waals surface area contributed by atoms with Crippen LogP contribution in [0.1, 0.15) is 31.4 Å². The molecular weight excluding hydrogens is 285 g/mol. The van der Waals surface area contributed by atoms with Crippen molar-refractivity contribution in [3.05, 3.63) is 33.8 Å². The van der Waals surface area contributed by atoms with Gasteiger partial charge < -0.3 is 5.11 Å². The maximum Gasteiger partial charge on any atom is 0.307 e. The zero-order valence-corrected chi connectivity index (χ0v) is 12.3. The van der Waals surface area contributed by atoms with E-state index in [-0.39, 0.29) is 12.0 Å². The molecule has 1 aromatic carbocycles. The van der Waals surface area contributed by atoms with Gasteiger partial charge in [-0.25, -0.2) is 0 Å². The summed E-state index contributed by atoms with van der Waals surface area (Å²) in [6, 6.07) is 5.74. The average Bonchev–Trinajstić information content (AvgIpc) is 2.41. The van der Waals surface area contributed by atoms with Gasteiger partial charge in [-0.15, -0.1) is 0 Å². The second kappa shape index (κ2) is 6.12. The Morgan fingerprint density at radius 3 is 2.79 bits per heavy atom. The highest BCUT2D eigenvalue weighted by molar-refractivity contribution is 6.42. The van der Waals surface area contributed by atoms with E-state index in [0.717, 1.165) is 24.9 Å². The van der Waals surface area contributed by atoms with Crippen LogP contribution in [-0.2, 0) is 4.79 Å². The molecule has 0 aromatic heterocycles. The van der Waals surface area contributed by atoms with Crippen LogP contribution < -0.4 is 0 Å². The van der Waals surface area contributed by atoms with Gasteiger partial charge in [-0.2, -0.15) is 0 Å². The van der Waals surface area contributed by atoms with E-state index in [1.807, 2.05) is 12.1 Å². The van der Waals surface area contributed by atoms with E-state index < -0.39 is 5.97 Å². The highest BCUT2D eigenvalue weighted by Gasteiger charge is 2.28. The number of rotatable bonds is 3. The number of carboxylic acids is 1. The molecule has 1 saturated heterocycles. The molecule has 3 nitrogen and oxygen atoms in total. The molecule has 2 rings (SSSR count). The lowest BCUT2D eigenvalue weighted by Crippen LogP contribution is -2.40. The SMILES string of the molecule is CC(c1ccc(Cl)c(Cl)c1)N1CCCC(C(=O)O)C1. The lowest BCUT2D eigenvalue weighted by molar-refractivity contribution is -0.143. The van der Waals surface area contributed by atoms with Gasteiger partial charge in [0.15, 0.2) is 0 Å². The zero-order valence-electron chi connectivity index (χ0n) is 10.8. The van der Waals surface area contributed by atoms with Gasteiger partial charge in [0.25, 0.3) is 0 Å². The Kier molecular flexibility index (Phi) is 4.71. The lowest BCUT2D eigenvalue weighted by atomic mass is 9.95. The van der Waals surface area contributed by atoms with Gasteiger partial charge in [0.2, 0.25) is 0 Å². The van der Waals surface area contributed by atoms with E-state index in [9.17, 15) is 4.79 Å². The smallest absolute Gasteiger partial charge is 0.307 e. The van der Waals surface area contributed by atoms with Gasteiger partial charge in [-0.1, -0.05) is 29.3 Å². The number of likely N-dealkylation sites (tertiary alicyclic amines) is 1. The van der Waals surface area contributed by atoms with Gasteiger partial charge in [0.1, 0.15) is 0 Å². The molecule has 104 valence electrons. The number of piperidine rings is 1. The molecule has 0 amide bonds. The van der Waals surface area contributed by atoms with E-state index in [2.05, 4.69) is 11.8 Å². The summed E-state index contributed by atoms with van der Waals surface area (Å²) in [5.41, 5.74) is 1.07. The van der Waals surface area contributed by atoms with E-state index >= 15 is 0 Å². The van der Waals surface area contributed by atoms with Crippen molar-refractivity contribution >= 4 is 29.2 Å². The van der Waals surface area contributed by atoms with Crippen LogP contribution >= 0.6 is 23.2 Å². The Morgan fingerprint density at radius 2 is 2.16 bits per heavy atom. The van der Waals surface area contributed by atoms with E-state index in [0.29, 0.717) is 16.6 Å². The van der Waals surface area contributed by atoms with Crippen molar-refractivity contribution in [1.29, 1.82) is 0 Å². The predicted octanol–water partition coefficient (Wildman–Crippen LogP) is 3.85. The number of benzene rings is 1. The molecule has 0 spiro atoms. The van der Waals surface area contributed by atoms with Crippen LogP contribution in [0.25, 0.3) is 0 Å². The zero-order chi connectivity index (χ0) is 14.0. The first-order chi connectivity index (χ1) is 8.99. The Morgan fingerprint density at radius 1 is 1.42 bits per heavy atom. The fraction of sp³-hybridized carbons (Fsp3) is 0.500. The normalized spacial score (nSPS) is 22.2. The molecule has 0 saturated carbocycles. The molecule has 1 N–H and O–H groups in total. The van der Waals surface area contributed by atoms with Crippen LogP contribution in [0, 0.1) is 5.92 Å². The van der Waals surface area contributed by atoms with E-state index in [1.54, 1.807) is 6.07 Å². The highest BCUT2D eigenvalue weighted by Crippen LogP contribution is 2.30. The summed E-state index contributed by atoms with van der Waals surface area (Å²) in [6.07, 6.45) is 1.68. The third-order valence-corrected chi connectivity index (χ3v) is 4.51. The van der Waals surface area contributed by atoms with Crippen LogP contribution in [0.4, 0.5) is 0 Å². The summed E-state index contributed by atoms with van der Waals surface area (Å²) in [5, 5.41) is 10.2. The molecular formula is C14H17Cl2NO2. The third kappa shape index (κ3) is 3.41. The molecule has 1 fully saturated rings. The largest absolute Gasteiger partial charge is 0.481 e. The van der Waals surface area contributed by atoms with Crippen LogP contribution in [0.3, 0.4) is 0 Å². The molecule has 1 aliphatic rings. The Hall–Kier alpha value is -0.770. The third-order valence-electron chi connectivity index (χ3n) is 3.78. The predicted molar refractivity (Wildman–Crippen MR) is 76.8 cm³/mol. The fourth-order valence-electron chi connectivity index (χ4n) is 2.54. The number of hydrogen-bond donors (Lipinski definition) is 1. The van der Waals surface area contributed by atoms with Crippen LogP contribution in [0.5, 0.6) is 0 Å². The number of halogens is 2. The van der Waals surface area contributed by atoms with Gasteiger partial charge in [-0.3, -0.25) is 9.69 Å². The van der Waals surface area contributed by atoms with Crippen LogP contribution in [0.15, 0.2) is 18.2 Å². The molecule has 0 aliphatic carbocycles. The van der Waals surface area contributed by atoms with Crippen LogP contribution in [-0.4, -0.2) is 29.1 Å². The van der Waals surface area contributed by atoms with Gasteiger partial charge in [0, 0.05) is 12.6 Å². The van der Waals surface area contributed by atoms with Crippen molar-refractivity contribution in [3.63, 3.8) is 0 Å². The quantitative estimate of drug-likeness (QED) is 0.922. The monoisotopic (exact) mass is 301 g/mol. The van der Waals surface area contributed by atoms with Crippen molar-refractivity contribution in [1.82, 2.24) is 4.90 Å². The number of nitrogens with zero attached hydrogens (tertiary/aromatic N) is 1.